The summed E-state index contributed by atoms with van der Waals surface area (Å²) in [7, 11) is 0. The van der Waals surface area contributed by atoms with Gasteiger partial charge in [-0.3, -0.25) is 0 Å². The summed E-state index contributed by atoms with van der Waals surface area (Å²) in [6, 6.07) is 5.59. The fraction of sp³-hybridized carbons (Fsp3) is 0.500. The number of tetrazole rings is 1. The number of pyridine rings is 1. The van der Waals surface area contributed by atoms with Crippen molar-refractivity contribution in [2.45, 2.75) is 36.4 Å². The molecular formula is C12H14ClN5OS. The molecule has 1 aliphatic rings. The lowest BCUT2D eigenvalue weighted by Gasteiger charge is -2.09. The van der Waals surface area contributed by atoms with Crippen molar-refractivity contribution in [1.82, 2.24) is 25.2 Å². The molecule has 2 aromatic heterocycles. The van der Waals surface area contributed by atoms with Gasteiger partial charge in [0, 0.05) is 12.4 Å². The van der Waals surface area contributed by atoms with E-state index in [1.54, 1.807) is 22.5 Å². The summed E-state index contributed by atoms with van der Waals surface area (Å²) in [5.41, 5.74) is 0.911. The summed E-state index contributed by atoms with van der Waals surface area (Å²) < 4.78 is 7.40. The van der Waals surface area contributed by atoms with E-state index >= 15 is 0 Å². The minimum absolute atomic E-state index is 0.224. The largest absolute Gasteiger partial charge is 0.376 e. The van der Waals surface area contributed by atoms with E-state index in [1.165, 1.54) is 0 Å². The lowest BCUT2D eigenvalue weighted by molar-refractivity contribution is 0.0912. The van der Waals surface area contributed by atoms with Gasteiger partial charge < -0.3 is 4.74 Å². The third kappa shape index (κ3) is 3.47. The van der Waals surface area contributed by atoms with Crippen molar-refractivity contribution in [2.75, 3.05) is 6.61 Å². The molecule has 0 N–H and O–H groups in total. The average Bonchev–Trinajstić information content (AvgIpc) is 3.09. The second-order valence-corrected chi connectivity index (χ2v) is 5.85. The zero-order valence-corrected chi connectivity index (χ0v) is 12.3. The Morgan fingerprint density at radius 2 is 2.40 bits per heavy atom. The summed E-state index contributed by atoms with van der Waals surface area (Å²) in [6.45, 7) is 1.54. The minimum atomic E-state index is 0.224. The van der Waals surface area contributed by atoms with Crippen LogP contribution in [0.1, 0.15) is 18.5 Å². The monoisotopic (exact) mass is 311 g/mol. The third-order valence-corrected chi connectivity index (χ3v) is 4.22. The predicted molar refractivity (Wildman–Crippen MR) is 75.6 cm³/mol. The lowest BCUT2D eigenvalue weighted by Crippen LogP contribution is -2.16. The number of ether oxygens (including phenoxy) is 1. The molecule has 2 aromatic rings. The SMILES string of the molecule is Clc1cccc(CSc2nnnn2CC2CCCO2)n1. The van der Waals surface area contributed by atoms with Crippen LogP contribution < -0.4 is 0 Å². The molecule has 1 unspecified atom stereocenters. The molecule has 106 valence electrons. The highest BCUT2D eigenvalue weighted by atomic mass is 35.5. The predicted octanol–water partition coefficient (Wildman–Crippen LogP) is 2.19. The molecule has 0 amide bonds. The van der Waals surface area contributed by atoms with Crippen LogP contribution in [0.15, 0.2) is 23.4 Å². The van der Waals surface area contributed by atoms with Crippen LogP contribution in [0, 0.1) is 0 Å². The number of hydrogen-bond acceptors (Lipinski definition) is 6. The molecule has 3 heterocycles. The fourth-order valence-corrected chi connectivity index (χ4v) is 3.04. The van der Waals surface area contributed by atoms with E-state index in [9.17, 15) is 0 Å². The summed E-state index contributed by atoms with van der Waals surface area (Å²) in [4.78, 5) is 4.25. The molecular weight excluding hydrogens is 298 g/mol. The standard InChI is InChI=1S/C12H14ClN5OS/c13-11-5-1-3-9(14-11)8-20-12-15-16-17-18(12)7-10-4-2-6-19-10/h1,3,5,10H,2,4,6-8H2. The van der Waals surface area contributed by atoms with E-state index in [2.05, 4.69) is 20.5 Å². The summed E-state index contributed by atoms with van der Waals surface area (Å²) in [5, 5.41) is 13.1. The van der Waals surface area contributed by atoms with Crippen LogP contribution in [0.25, 0.3) is 0 Å². The van der Waals surface area contributed by atoms with Gasteiger partial charge in [0.15, 0.2) is 0 Å². The molecule has 0 spiro atoms. The van der Waals surface area contributed by atoms with Crippen molar-refractivity contribution in [2.24, 2.45) is 0 Å². The lowest BCUT2D eigenvalue weighted by atomic mass is 10.2. The quantitative estimate of drug-likeness (QED) is 0.623. The first kappa shape index (κ1) is 13.8. The Balaban J connectivity index is 1.61. The Morgan fingerprint density at radius 1 is 1.45 bits per heavy atom. The first-order valence-corrected chi connectivity index (χ1v) is 7.79. The van der Waals surface area contributed by atoms with Crippen LogP contribution in [0.2, 0.25) is 5.15 Å². The van der Waals surface area contributed by atoms with E-state index in [1.807, 2.05) is 12.1 Å². The Labute approximate surface area is 125 Å². The normalized spacial score (nSPS) is 18.6. The van der Waals surface area contributed by atoms with E-state index < -0.39 is 0 Å². The van der Waals surface area contributed by atoms with E-state index in [0.717, 1.165) is 30.3 Å². The maximum atomic E-state index is 5.87. The van der Waals surface area contributed by atoms with Crippen LogP contribution in [-0.4, -0.2) is 37.9 Å². The molecule has 3 rings (SSSR count). The van der Waals surface area contributed by atoms with Crippen molar-refractivity contribution >= 4 is 23.4 Å². The smallest absolute Gasteiger partial charge is 0.209 e. The molecule has 1 saturated heterocycles. The first-order valence-electron chi connectivity index (χ1n) is 6.43. The number of aromatic nitrogens is 5. The van der Waals surface area contributed by atoms with E-state index in [0.29, 0.717) is 17.5 Å². The molecule has 0 aromatic carbocycles. The van der Waals surface area contributed by atoms with Crippen LogP contribution >= 0.6 is 23.4 Å². The molecule has 1 aliphatic heterocycles. The van der Waals surface area contributed by atoms with Crippen molar-refractivity contribution in [3.05, 3.63) is 29.0 Å². The molecule has 0 saturated carbocycles. The number of nitrogens with zero attached hydrogens (tertiary/aromatic N) is 5. The molecule has 0 bridgehead atoms. The topological polar surface area (TPSA) is 65.7 Å². The summed E-state index contributed by atoms with van der Waals surface area (Å²) >= 11 is 7.42. The maximum Gasteiger partial charge on any atom is 0.209 e. The average molecular weight is 312 g/mol. The van der Waals surface area contributed by atoms with Gasteiger partial charge in [-0.2, -0.15) is 0 Å². The zero-order chi connectivity index (χ0) is 13.8. The molecule has 1 atom stereocenters. The number of thioether (sulfide) groups is 1. The molecule has 20 heavy (non-hydrogen) atoms. The number of hydrogen-bond donors (Lipinski definition) is 0. The Bertz CT molecular complexity index is 572. The molecule has 0 aliphatic carbocycles. The minimum Gasteiger partial charge on any atom is -0.376 e. The first-order chi connectivity index (χ1) is 9.81. The van der Waals surface area contributed by atoms with Gasteiger partial charge in [-0.1, -0.05) is 29.4 Å². The number of rotatable bonds is 5. The zero-order valence-electron chi connectivity index (χ0n) is 10.8. The van der Waals surface area contributed by atoms with Crippen molar-refractivity contribution in [3.63, 3.8) is 0 Å². The van der Waals surface area contributed by atoms with Gasteiger partial charge in [-0.25, -0.2) is 9.67 Å². The summed E-state index contributed by atoms with van der Waals surface area (Å²) in [5.74, 6) is 0.687. The van der Waals surface area contributed by atoms with Crippen LogP contribution in [0.5, 0.6) is 0 Å². The third-order valence-electron chi connectivity index (χ3n) is 3.02. The van der Waals surface area contributed by atoms with Crippen molar-refractivity contribution < 1.29 is 4.74 Å². The summed E-state index contributed by atoms with van der Waals surface area (Å²) in [6.07, 6.45) is 2.41. The molecule has 0 radical (unpaired) electrons. The molecule has 1 fully saturated rings. The molecule has 8 heteroatoms. The van der Waals surface area contributed by atoms with Gasteiger partial charge in [-0.05, 0) is 35.4 Å². The highest BCUT2D eigenvalue weighted by molar-refractivity contribution is 7.98. The van der Waals surface area contributed by atoms with Gasteiger partial charge in [0.25, 0.3) is 0 Å². The highest BCUT2D eigenvalue weighted by Crippen LogP contribution is 2.21. The second-order valence-electron chi connectivity index (χ2n) is 4.52. The van der Waals surface area contributed by atoms with Gasteiger partial charge in [0.2, 0.25) is 5.16 Å². The molecule has 6 nitrogen and oxygen atoms in total. The second kappa shape index (κ2) is 6.51. The Kier molecular flexibility index (Phi) is 4.49. The van der Waals surface area contributed by atoms with Crippen LogP contribution in [-0.2, 0) is 17.0 Å². The Morgan fingerprint density at radius 3 is 3.20 bits per heavy atom. The van der Waals surface area contributed by atoms with Gasteiger partial charge in [0.05, 0.1) is 18.3 Å². The van der Waals surface area contributed by atoms with Gasteiger partial charge in [0.1, 0.15) is 5.15 Å². The maximum absolute atomic E-state index is 5.87. The van der Waals surface area contributed by atoms with E-state index in [-0.39, 0.29) is 6.10 Å². The number of halogens is 1. The van der Waals surface area contributed by atoms with Crippen LogP contribution in [0.4, 0.5) is 0 Å². The van der Waals surface area contributed by atoms with Crippen molar-refractivity contribution in [3.8, 4) is 0 Å². The van der Waals surface area contributed by atoms with Crippen molar-refractivity contribution in [1.29, 1.82) is 0 Å². The Hall–Kier alpha value is -1.18. The van der Waals surface area contributed by atoms with Crippen LogP contribution in [0.3, 0.4) is 0 Å². The van der Waals surface area contributed by atoms with E-state index in [4.69, 9.17) is 16.3 Å². The highest BCUT2D eigenvalue weighted by Gasteiger charge is 2.18. The fourth-order valence-electron chi connectivity index (χ4n) is 2.06. The van der Waals surface area contributed by atoms with Gasteiger partial charge in [-0.15, -0.1) is 5.10 Å². The van der Waals surface area contributed by atoms with Gasteiger partial charge >= 0.3 is 0 Å².